The molecule has 0 radical (unpaired) electrons. The zero-order valence-corrected chi connectivity index (χ0v) is 15.8. The zero-order chi connectivity index (χ0) is 19.0. The molecule has 1 atom stereocenters. The molecule has 1 saturated heterocycles. The lowest BCUT2D eigenvalue weighted by atomic mass is 10.0. The molecule has 0 unspecified atom stereocenters. The van der Waals surface area contributed by atoms with Crippen LogP contribution in [0.2, 0.25) is 0 Å². The van der Waals surface area contributed by atoms with Gasteiger partial charge in [-0.15, -0.1) is 0 Å². The molecule has 0 saturated carbocycles. The molecule has 0 spiro atoms. The van der Waals surface area contributed by atoms with Crippen molar-refractivity contribution in [3.05, 3.63) is 59.5 Å². The molecule has 0 N–H and O–H groups in total. The first-order chi connectivity index (χ1) is 13.1. The average Bonchev–Trinajstić information content (AvgIpc) is 3.33. The molecule has 1 aliphatic heterocycles. The lowest BCUT2D eigenvalue weighted by molar-refractivity contribution is 0.0729. The minimum Gasteiger partial charge on any atom is -0.497 e. The standard InChI is InChI=1S/C21H23N3O3/c1-14-8-10-23-13-17(22-20(23)11-14)21(25)24-9-4-5-18(24)16-7-6-15(26-2)12-19(16)27-3/h6-8,10-13,18H,4-5,9H2,1-3H3/t18-/m1/s1. The lowest BCUT2D eigenvalue weighted by Crippen LogP contribution is -2.31. The summed E-state index contributed by atoms with van der Waals surface area (Å²) in [6.07, 6.45) is 5.60. The third-order valence-electron chi connectivity index (χ3n) is 5.15. The summed E-state index contributed by atoms with van der Waals surface area (Å²) in [5.74, 6) is 1.43. The van der Waals surface area contributed by atoms with Crippen LogP contribution < -0.4 is 9.47 Å². The number of amides is 1. The van der Waals surface area contributed by atoms with E-state index in [1.807, 2.05) is 52.8 Å². The maximum Gasteiger partial charge on any atom is 0.274 e. The maximum absolute atomic E-state index is 13.2. The van der Waals surface area contributed by atoms with E-state index in [-0.39, 0.29) is 11.9 Å². The van der Waals surface area contributed by atoms with E-state index in [1.165, 1.54) is 0 Å². The Kier molecular flexibility index (Phi) is 4.48. The molecule has 1 aliphatic rings. The molecule has 0 bridgehead atoms. The van der Waals surface area contributed by atoms with Gasteiger partial charge >= 0.3 is 0 Å². The van der Waals surface area contributed by atoms with E-state index in [2.05, 4.69) is 4.98 Å². The topological polar surface area (TPSA) is 56.1 Å². The van der Waals surface area contributed by atoms with Crippen LogP contribution >= 0.6 is 0 Å². The fourth-order valence-electron chi connectivity index (χ4n) is 3.76. The van der Waals surface area contributed by atoms with Crippen molar-refractivity contribution in [2.45, 2.75) is 25.8 Å². The van der Waals surface area contributed by atoms with Gasteiger partial charge in [0.15, 0.2) is 0 Å². The molecule has 6 heteroatoms. The number of hydrogen-bond donors (Lipinski definition) is 0. The molecule has 2 aromatic heterocycles. The van der Waals surface area contributed by atoms with Gasteiger partial charge < -0.3 is 18.8 Å². The van der Waals surface area contributed by atoms with E-state index in [1.54, 1.807) is 20.4 Å². The SMILES string of the molecule is COc1ccc([C@H]2CCCN2C(=O)c2cn3ccc(C)cc3n2)c(OC)c1. The summed E-state index contributed by atoms with van der Waals surface area (Å²) in [5.41, 5.74) is 3.38. The number of rotatable bonds is 4. The van der Waals surface area contributed by atoms with Crippen LogP contribution in [-0.2, 0) is 0 Å². The second-order valence-electron chi connectivity index (χ2n) is 6.86. The Morgan fingerprint density at radius 1 is 1.19 bits per heavy atom. The first kappa shape index (κ1) is 17.4. The van der Waals surface area contributed by atoms with Gasteiger partial charge in [-0.2, -0.15) is 0 Å². The summed E-state index contributed by atoms with van der Waals surface area (Å²) in [5, 5.41) is 0. The molecule has 6 nitrogen and oxygen atoms in total. The normalized spacial score (nSPS) is 16.7. The van der Waals surface area contributed by atoms with Gasteiger partial charge in [-0.1, -0.05) is 0 Å². The third-order valence-corrected chi connectivity index (χ3v) is 5.15. The molecule has 0 aliphatic carbocycles. The van der Waals surface area contributed by atoms with E-state index < -0.39 is 0 Å². The van der Waals surface area contributed by atoms with E-state index in [9.17, 15) is 4.79 Å². The summed E-state index contributed by atoms with van der Waals surface area (Å²) in [6.45, 7) is 2.73. The predicted molar refractivity (Wildman–Crippen MR) is 102 cm³/mol. The molecule has 3 heterocycles. The number of carbonyl (C=O) groups is 1. The van der Waals surface area contributed by atoms with Crippen LogP contribution in [0.1, 0.15) is 40.5 Å². The van der Waals surface area contributed by atoms with Gasteiger partial charge in [-0.05, 0) is 49.6 Å². The second-order valence-corrected chi connectivity index (χ2v) is 6.86. The van der Waals surface area contributed by atoms with Gasteiger partial charge in [0.2, 0.25) is 0 Å². The van der Waals surface area contributed by atoms with Crippen molar-refractivity contribution in [2.75, 3.05) is 20.8 Å². The smallest absolute Gasteiger partial charge is 0.274 e. The van der Waals surface area contributed by atoms with Crippen LogP contribution in [0.25, 0.3) is 5.65 Å². The Bertz CT molecular complexity index is 996. The molecular formula is C21H23N3O3. The monoisotopic (exact) mass is 365 g/mol. The highest BCUT2D eigenvalue weighted by Gasteiger charge is 2.33. The van der Waals surface area contributed by atoms with E-state index in [0.717, 1.165) is 41.1 Å². The van der Waals surface area contributed by atoms with Crippen LogP contribution in [0.4, 0.5) is 0 Å². The Balaban J connectivity index is 1.67. The molecule has 1 amide bonds. The Morgan fingerprint density at radius 2 is 2.04 bits per heavy atom. The Hall–Kier alpha value is -3.02. The number of likely N-dealkylation sites (tertiary alicyclic amines) is 1. The van der Waals surface area contributed by atoms with Crippen molar-refractivity contribution >= 4 is 11.6 Å². The summed E-state index contributed by atoms with van der Waals surface area (Å²) < 4.78 is 12.7. The Morgan fingerprint density at radius 3 is 2.81 bits per heavy atom. The highest BCUT2D eigenvalue weighted by atomic mass is 16.5. The first-order valence-corrected chi connectivity index (χ1v) is 9.09. The van der Waals surface area contributed by atoms with Crippen molar-refractivity contribution in [2.24, 2.45) is 0 Å². The van der Waals surface area contributed by atoms with Gasteiger partial charge in [0.1, 0.15) is 22.8 Å². The fraction of sp³-hybridized carbons (Fsp3) is 0.333. The predicted octanol–water partition coefficient (Wildman–Crippen LogP) is 3.64. The summed E-state index contributed by atoms with van der Waals surface area (Å²) >= 11 is 0. The van der Waals surface area contributed by atoms with Gasteiger partial charge in [0, 0.05) is 30.6 Å². The number of carbonyl (C=O) groups excluding carboxylic acids is 1. The minimum atomic E-state index is -0.0447. The van der Waals surface area contributed by atoms with Crippen LogP contribution in [-0.4, -0.2) is 41.0 Å². The van der Waals surface area contributed by atoms with Crippen LogP contribution in [0, 0.1) is 6.92 Å². The number of fused-ring (bicyclic) bond motifs is 1. The van der Waals surface area contributed by atoms with Crippen molar-refractivity contribution < 1.29 is 14.3 Å². The number of hydrogen-bond acceptors (Lipinski definition) is 4. The van der Waals surface area contributed by atoms with Crippen LogP contribution in [0.15, 0.2) is 42.7 Å². The first-order valence-electron chi connectivity index (χ1n) is 9.09. The summed E-state index contributed by atoms with van der Waals surface area (Å²) in [4.78, 5) is 19.6. The number of nitrogens with zero attached hydrogens (tertiary/aromatic N) is 3. The number of aryl methyl sites for hydroxylation is 1. The van der Waals surface area contributed by atoms with Crippen LogP contribution in [0.5, 0.6) is 11.5 Å². The number of ether oxygens (including phenoxy) is 2. The summed E-state index contributed by atoms with van der Waals surface area (Å²) in [6, 6.07) is 9.72. The van der Waals surface area contributed by atoms with E-state index in [4.69, 9.17) is 9.47 Å². The molecule has 27 heavy (non-hydrogen) atoms. The minimum absolute atomic E-state index is 0.0232. The highest BCUT2D eigenvalue weighted by Crippen LogP contribution is 2.39. The third kappa shape index (κ3) is 3.12. The van der Waals surface area contributed by atoms with E-state index >= 15 is 0 Å². The van der Waals surface area contributed by atoms with Gasteiger partial charge in [-0.25, -0.2) is 4.98 Å². The van der Waals surface area contributed by atoms with Gasteiger partial charge in [0.05, 0.1) is 20.3 Å². The molecule has 1 aromatic carbocycles. The van der Waals surface area contributed by atoms with Gasteiger partial charge in [-0.3, -0.25) is 4.79 Å². The largest absolute Gasteiger partial charge is 0.497 e. The molecular weight excluding hydrogens is 342 g/mol. The maximum atomic E-state index is 13.2. The van der Waals surface area contributed by atoms with Crippen molar-refractivity contribution in [1.29, 1.82) is 0 Å². The molecule has 3 aromatic rings. The van der Waals surface area contributed by atoms with Crippen molar-refractivity contribution in [3.63, 3.8) is 0 Å². The fourth-order valence-corrected chi connectivity index (χ4v) is 3.76. The Labute approximate surface area is 158 Å². The van der Waals surface area contributed by atoms with Crippen molar-refractivity contribution in [1.82, 2.24) is 14.3 Å². The van der Waals surface area contributed by atoms with E-state index in [0.29, 0.717) is 12.2 Å². The molecule has 4 rings (SSSR count). The molecule has 140 valence electrons. The highest BCUT2D eigenvalue weighted by molar-refractivity contribution is 5.93. The van der Waals surface area contributed by atoms with Gasteiger partial charge in [0.25, 0.3) is 5.91 Å². The number of aromatic nitrogens is 2. The van der Waals surface area contributed by atoms with Crippen molar-refractivity contribution in [3.8, 4) is 11.5 Å². The zero-order valence-electron chi connectivity index (χ0n) is 15.8. The number of methoxy groups -OCH3 is 2. The van der Waals surface area contributed by atoms with Crippen LogP contribution in [0.3, 0.4) is 0 Å². The average molecular weight is 365 g/mol. The second kappa shape index (κ2) is 6.95. The number of benzene rings is 1. The quantitative estimate of drug-likeness (QED) is 0.708. The molecule has 1 fully saturated rings. The number of imidazole rings is 1. The number of pyridine rings is 1. The summed E-state index contributed by atoms with van der Waals surface area (Å²) in [7, 11) is 3.27. The lowest BCUT2D eigenvalue weighted by Gasteiger charge is -2.26.